The first-order valence-corrected chi connectivity index (χ1v) is 10.4. The molecule has 0 radical (unpaired) electrons. The van der Waals surface area contributed by atoms with Gasteiger partial charge in [0, 0.05) is 31.7 Å². The predicted octanol–water partition coefficient (Wildman–Crippen LogP) is 3.89. The second kappa shape index (κ2) is 9.34. The van der Waals surface area contributed by atoms with Crippen molar-refractivity contribution in [1.82, 2.24) is 10.2 Å². The van der Waals surface area contributed by atoms with Crippen molar-refractivity contribution in [3.8, 4) is 6.07 Å². The van der Waals surface area contributed by atoms with Gasteiger partial charge in [-0.1, -0.05) is 42.5 Å². The third-order valence-corrected chi connectivity index (χ3v) is 6.09. The van der Waals surface area contributed by atoms with Gasteiger partial charge >= 0.3 is 0 Å². The Labute approximate surface area is 168 Å². The van der Waals surface area contributed by atoms with Gasteiger partial charge in [-0.15, -0.1) is 0 Å². The van der Waals surface area contributed by atoms with Crippen LogP contribution in [0.5, 0.6) is 0 Å². The largest absolute Gasteiger partial charge is 0.373 e. The molecule has 28 heavy (non-hydrogen) atoms. The molecule has 0 amide bonds. The Bertz CT molecular complexity index is 776. The van der Waals surface area contributed by atoms with Gasteiger partial charge in [0.2, 0.25) is 0 Å². The van der Waals surface area contributed by atoms with E-state index in [4.69, 9.17) is 10.00 Å². The van der Waals surface area contributed by atoms with E-state index in [1.165, 1.54) is 24.0 Å². The molecule has 2 fully saturated rings. The average Bonchev–Trinajstić information content (AvgIpc) is 3.23. The molecule has 2 atom stereocenters. The van der Waals surface area contributed by atoms with Crippen molar-refractivity contribution in [2.45, 2.75) is 38.0 Å². The van der Waals surface area contributed by atoms with Crippen LogP contribution in [0.15, 0.2) is 54.6 Å². The summed E-state index contributed by atoms with van der Waals surface area (Å²) < 4.78 is 6.02. The molecule has 146 valence electrons. The lowest BCUT2D eigenvalue weighted by molar-refractivity contribution is 0.0885. The van der Waals surface area contributed by atoms with Gasteiger partial charge in [-0.2, -0.15) is 5.26 Å². The van der Waals surface area contributed by atoms with Gasteiger partial charge in [-0.3, -0.25) is 4.90 Å². The van der Waals surface area contributed by atoms with E-state index in [0.29, 0.717) is 12.0 Å². The summed E-state index contributed by atoms with van der Waals surface area (Å²) in [5, 5.41) is 12.7. The zero-order chi connectivity index (χ0) is 19.2. The Balaban J connectivity index is 1.22. The van der Waals surface area contributed by atoms with Gasteiger partial charge in [0.05, 0.1) is 17.7 Å². The van der Waals surface area contributed by atoms with Gasteiger partial charge in [0.25, 0.3) is 0 Å². The highest BCUT2D eigenvalue weighted by molar-refractivity contribution is 5.31. The molecule has 0 unspecified atom stereocenters. The molecule has 4 rings (SSSR count). The monoisotopic (exact) mass is 375 g/mol. The van der Waals surface area contributed by atoms with Crippen LogP contribution in [-0.4, -0.2) is 37.2 Å². The van der Waals surface area contributed by atoms with Crippen molar-refractivity contribution in [1.29, 1.82) is 5.26 Å². The summed E-state index contributed by atoms with van der Waals surface area (Å²) in [5.41, 5.74) is 3.33. The van der Waals surface area contributed by atoms with Crippen molar-refractivity contribution in [3.05, 3.63) is 71.3 Å². The van der Waals surface area contributed by atoms with Gasteiger partial charge in [-0.25, -0.2) is 0 Å². The van der Waals surface area contributed by atoms with Crippen LogP contribution in [-0.2, 0) is 11.3 Å². The topological polar surface area (TPSA) is 48.3 Å². The van der Waals surface area contributed by atoms with Crippen LogP contribution >= 0.6 is 0 Å². The van der Waals surface area contributed by atoms with E-state index in [-0.39, 0.29) is 6.10 Å². The van der Waals surface area contributed by atoms with Crippen LogP contribution < -0.4 is 5.32 Å². The van der Waals surface area contributed by atoms with E-state index >= 15 is 0 Å². The average molecular weight is 376 g/mol. The molecule has 0 spiro atoms. The Morgan fingerprint density at radius 3 is 2.46 bits per heavy atom. The molecule has 2 aromatic rings. The van der Waals surface area contributed by atoms with Crippen LogP contribution in [0.1, 0.15) is 42.1 Å². The van der Waals surface area contributed by atoms with Crippen molar-refractivity contribution in [2.24, 2.45) is 5.92 Å². The number of hydrogen-bond acceptors (Lipinski definition) is 4. The molecule has 0 aliphatic carbocycles. The fourth-order valence-electron chi connectivity index (χ4n) is 4.41. The van der Waals surface area contributed by atoms with Crippen LogP contribution in [0.3, 0.4) is 0 Å². The number of benzene rings is 2. The first-order chi connectivity index (χ1) is 13.8. The Kier molecular flexibility index (Phi) is 6.38. The molecule has 4 nitrogen and oxygen atoms in total. The second-order valence-corrected chi connectivity index (χ2v) is 8.02. The fourth-order valence-corrected chi connectivity index (χ4v) is 4.41. The Morgan fingerprint density at radius 1 is 1.00 bits per heavy atom. The van der Waals surface area contributed by atoms with Crippen molar-refractivity contribution < 1.29 is 4.74 Å². The molecule has 2 aliphatic heterocycles. The molecule has 0 saturated carbocycles. The van der Waals surface area contributed by atoms with Gasteiger partial charge in [0.15, 0.2) is 0 Å². The first kappa shape index (κ1) is 19.1. The predicted molar refractivity (Wildman–Crippen MR) is 111 cm³/mol. The summed E-state index contributed by atoms with van der Waals surface area (Å²) in [7, 11) is 0. The molecule has 0 aromatic heterocycles. The minimum absolute atomic E-state index is 0.241. The quantitative estimate of drug-likeness (QED) is 0.832. The van der Waals surface area contributed by atoms with Gasteiger partial charge < -0.3 is 10.1 Å². The van der Waals surface area contributed by atoms with Gasteiger partial charge in [-0.05, 0) is 55.6 Å². The maximum Gasteiger partial charge on any atom is 0.0991 e. The highest BCUT2D eigenvalue weighted by Crippen LogP contribution is 2.34. The third-order valence-electron chi connectivity index (χ3n) is 6.09. The number of likely N-dealkylation sites (tertiary alicyclic amines) is 1. The van der Waals surface area contributed by atoms with Gasteiger partial charge in [0.1, 0.15) is 0 Å². The smallest absolute Gasteiger partial charge is 0.0991 e. The first-order valence-electron chi connectivity index (χ1n) is 10.4. The highest BCUT2D eigenvalue weighted by Gasteiger charge is 2.30. The van der Waals surface area contributed by atoms with Crippen LogP contribution in [0.25, 0.3) is 0 Å². The third kappa shape index (κ3) is 4.80. The lowest BCUT2D eigenvalue weighted by atomic mass is 9.94. The summed E-state index contributed by atoms with van der Waals surface area (Å²) in [4.78, 5) is 2.52. The van der Waals surface area contributed by atoms with Crippen LogP contribution in [0.4, 0.5) is 0 Å². The zero-order valence-corrected chi connectivity index (χ0v) is 16.4. The summed E-state index contributed by atoms with van der Waals surface area (Å²) in [6.07, 6.45) is 3.77. The number of nitrogens with zero attached hydrogens (tertiary/aromatic N) is 2. The molecule has 2 aliphatic rings. The van der Waals surface area contributed by atoms with E-state index in [0.717, 1.165) is 44.8 Å². The normalized spacial score (nSPS) is 23.5. The summed E-state index contributed by atoms with van der Waals surface area (Å²) >= 11 is 0. The van der Waals surface area contributed by atoms with E-state index < -0.39 is 0 Å². The van der Waals surface area contributed by atoms with E-state index in [1.54, 1.807) is 0 Å². The molecule has 2 heterocycles. The minimum Gasteiger partial charge on any atom is -0.373 e. The number of piperidine rings is 1. The van der Waals surface area contributed by atoms with Crippen molar-refractivity contribution in [3.63, 3.8) is 0 Å². The maximum atomic E-state index is 8.91. The van der Waals surface area contributed by atoms with Crippen molar-refractivity contribution >= 4 is 0 Å². The van der Waals surface area contributed by atoms with E-state index in [9.17, 15) is 0 Å². The number of nitrogens with one attached hydrogen (secondary N) is 1. The lowest BCUT2D eigenvalue weighted by Gasteiger charge is -2.33. The molecule has 2 saturated heterocycles. The molecule has 4 heteroatoms. The van der Waals surface area contributed by atoms with Crippen molar-refractivity contribution in [2.75, 3.05) is 26.2 Å². The lowest BCUT2D eigenvalue weighted by Crippen LogP contribution is -2.43. The summed E-state index contributed by atoms with van der Waals surface area (Å²) in [6.45, 7) is 5.14. The Hall–Kier alpha value is -2.19. The SMILES string of the molecule is N#Cc1ccc(CN2CCC(NC[C@H]3CCO[C@@H]3c3ccccc3)CC2)cc1. The molecule has 1 N–H and O–H groups in total. The molecular formula is C24H29N3O. The zero-order valence-electron chi connectivity index (χ0n) is 16.4. The van der Waals surface area contributed by atoms with Crippen LogP contribution in [0.2, 0.25) is 0 Å². The number of rotatable bonds is 6. The van der Waals surface area contributed by atoms with E-state index in [1.807, 2.05) is 12.1 Å². The highest BCUT2D eigenvalue weighted by atomic mass is 16.5. The van der Waals surface area contributed by atoms with Crippen LogP contribution in [0, 0.1) is 17.2 Å². The standard InChI is InChI=1S/C24H29N3O/c25-16-19-6-8-20(9-7-19)18-27-13-10-23(11-14-27)26-17-22-12-15-28-24(22)21-4-2-1-3-5-21/h1-9,22-24,26H,10-15,17-18H2/t22-,24-/m1/s1. The van der Waals surface area contributed by atoms with E-state index in [2.05, 4.69) is 58.8 Å². The maximum absolute atomic E-state index is 8.91. The minimum atomic E-state index is 0.241. The summed E-state index contributed by atoms with van der Waals surface area (Å²) in [5.74, 6) is 0.569. The molecule has 2 aromatic carbocycles. The number of hydrogen-bond donors (Lipinski definition) is 1. The summed E-state index contributed by atoms with van der Waals surface area (Å²) in [6, 6.07) is 21.4. The number of ether oxygens (including phenoxy) is 1. The Morgan fingerprint density at radius 2 is 1.75 bits per heavy atom. The molecule has 0 bridgehead atoms. The number of nitriles is 1. The molecular weight excluding hydrogens is 346 g/mol. The fraction of sp³-hybridized carbons (Fsp3) is 0.458. The second-order valence-electron chi connectivity index (χ2n) is 8.02.